The van der Waals surface area contributed by atoms with E-state index in [-0.39, 0.29) is 0 Å². The molecule has 6 rings (SSSR count). The molecule has 0 bridgehead atoms. The highest BCUT2D eigenvalue weighted by atomic mass is 16.8. The fourth-order valence-corrected chi connectivity index (χ4v) is 9.62. The van der Waals surface area contributed by atoms with Crippen molar-refractivity contribution in [3.8, 4) is 0 Å². The third-order valence-corrected chi connectivity index (χ3v) is 13.6. The van der Waals surface area contributed by atoms with Crippen molar-refractivity contribution in [2.24, 2.45) is 0 Å². The van der Waals surface area contributed by atoms with Gasteiger partial charge in [0.2, 0.25) is 17.7 Å². The summed E-state index contributed by atoms with van der Waals surface area (Å²) in [5.41, 5.74) is 0. The Morgan fingerprint density at radius 3 is 1.12 bits per heavy atom. The molecule has 6 saturated heterocycles. The first-order chi connectivity index (χ1) is 35.9. The topological polar surface area (TPSA) is 533 Å². The number of ether oxygens (including phenoxy) is 11. The van der Waals surface area contributed by atoms with Crippen molar-refractivity contribution in [1.82, 2.24) is 16.0 Å². The van der Waals surface area contributed by atoms with Gasteiger partial charge in [-0.15, -0.1) is 0 Å². The van der Waals surface area contributed by atoms with Crippen LogP contribution in [0.4, 0.5) is 0 Å². The molecule has 0 aromatic heterocycles. The summed E-state index contributed by atoms with van der Waals surface area (Å²) in [6.07, 6.45) is -51.3. The summed E-state index contributed by atoms with van der Waals surface area (Å²) in [6.45, 7) is -2.59. The van der Waals surface area contributed by atoms with Crippen molar-refractivity contribution in [3.05, 3.63) is 0 Å². The number of rotatable bonds is 19. The predicted octanol–water partition coefficient (Wildman–Crippen LogP) is -13.7. The third-order valence-electron chi connectivity index (χ3n) is 13.6. The Hall–Kier alpha value is -2.71. The van der Waals surface area contributed by atoms with Gasteiger partial charge in [0.1, 0.15) is 146 Å². The summed E-state index contributed by atoms with van der Waals surface area (Å²) in [6, 6.07) is -5.04. The average Bonchev–Trinajstić information content (AvgIpc) is 3.37. The van der Waals surface area contributed by atoms with E-state index in [9.17, 15) is 101 Å². The number of nitrogens with one attached hydrogen (secondary N) is 3. The first kappa shape index (κ1) is 62.5. The molecule has 6 fully saturated rings. The lowest BCUT2D eigenvalue weighted by Gasteiger charge is -2.50. The molecule has 20 N–H and O–H groups in total. The number of hydrogen-bond acceptors (Lipinski definition) is 31. The van der Waals surface area contributed by atoms with Crippen molar-refractivity contribution >= 4 is 17.7 Å². The van der Waals surface area contributed by atoms with Gasteiger partial charge < -0.3 is 155 Å². The highest BCUT2D eigenvalue weighted by molar-refractivity contribution is 5.74. The smallest absolute Gasteiger partial charge is 0.217 e. The van der Waals surface area contributed by atoms with E-state index >= 15 is 0 Å². The van der Waals surface area contributed by atoms with Crippen LogP contribution in [0.2, 0.25) is 0 Å². The summed E-state index contributed by atoms with van der Waals surface area (Å²) in [4.78, 5) is 37.1. The molecule has 76 heavy (non-hydrogen) atoms. The number of amides is 3. The minimum absolute atomic E-state index is 0.735. The zero-order chi connectivity index (χ0) is 56.2. The fourth-order valence-electron chi connectivity index (χ4n) is 9.62. The Kier molecular flexibility index (Phi) is 22.3. The quantitative estimate of drug-likeness (QED) is 0.0571. The first-order valence-corrected chi connectivity index (χ1v) is 24.1. The Balaban J connectivity index is 1.29. The van der Waals surface area contributed by atoms with Crippen molar-refractivity contribution in [2.45, 2.75) is 205 Å². The van der Waals surface area contributed by atoms with Crippen LogP contribution < -0.4 is 16.0 Å². The summed E-state index contributed by atoms with van der Waals surface area (Å²) >= 11 is 0. The van der Waals surface area contributed by atoms with Gasteiger partial charge in [-0.2, -0.15) is 0 Å². The van der Waals surface area contributed by atoms with Gasteiger partial charge in [0, 0.05) is 20.8 Å². The van der Waals surface area contributed by atoms with Crippen LogP contribution in [-0.2, 0) is 66.5 Å². The Morgan fingerprint density at radius 2 is 0.671 bits per heavy atom. The van der Waals surface area contributed by atoms with E-state index in [4.69, 9.17) is 52.1 Å². The number of hydrogen-bond donors (Lipinski definition) is 20. The van der Waals surface area contributed by atoms with E-state index in [0.29, 0.717) is 0 Å². The molecule has 0 aliphatic carbocycles. The molecule has 0 radical (unpaired) electrons. The molecular weight excluding hydrogens is 1040 g/mol. The number of carbonyl (C=O) groups is 3. The normalized spacial score (nSPS) is 48.2. The second kappa shape index (κ2) is 27.2. The van der Waals surface area contributed by atoms with Gasteiger partial charge in [0.15, 0.2) is 37.7 Å². The summed E-state index contributed by atoms with van der Waals surface area (Å²) < 4.78 is 63.3. The molecule has 6 aliphatic rings. The van der Waals surface area contributed by atoms with Crippen LogP contribution in [0.1, 0.15) is 20.8 Å². The van der Waals surface area contributed by atoms with E-state index in [2.05, 4.69) is 16.0 Å². The maximum atomic E-state index is 12.7. The molecule has 0 aromatic carbocycles. The average molecular weight is 1110 g/mol. The lowest BCUT2D eigenvalue weighted by molar-refractivity contribution is -0.386. The second-order valence-corrected chi connectivity index (χ2v) is 19.0. The van der Waals surface area contributed by atoms with E-state index in [0.717, 1.165) is 20.8 Å². The molecular formula is C42H71N3O31. The Bertz CT molecular complexity index is 1870. The maximum absolute atomic E-state index is 12.7. The largest absolute Gasteiger partial charge is 0.394 e. The monoisotopic (exact) mass is 1110 g/mol. The van der Waals surface area contributed by atoms with Crippen LogP contribution in [0.25, 0.3) is 0 Å². The third kappa shape index (κ3) is 13.7. The van der Waals surface area contributed by atoms with Gasteiger partial charge in [-0.05, 0) is 0 Å². The number of aliphatic hydroxyl groups is 17. The molecule has 34 heteroatoms. The van der Waals surface area contributed by atoms with Crippen LogP contribution in [0.15, 0.2) is 0 Å². The van der Waals surface area contributed by atoms with Gasteiger partial charge in [0.05, 0.1) is 39.6 Å². The van der Waals surface area contributed by atoms with Gasteiger partial charge >= 0.3 is 0 Å². The SMILES string of the molecule is CC(=O)N[C@H]1[C@H](O[C@H]2[C@@H](O)[C@@H](CO)O[C@@H](O[C@H]3[C@H](O)[C@@H](O)[C@H](O)O[C@@H]3CO)[C@@H]2O)O[C@H](CO)[C@@H](O[C@@H]2O[C@H](CO[C@@H]3O[C@H](CO)[C@@H](O)[C@H](O)[C@H]3NC(C)=O)[C@H](O)[C@H](O[C@@H]3O[C@H](CO)[C@@H](O)[C@H](O)[C@H]3NC(C)=O)[C@H]2O)[C@@H]1O. The Labute approximate surface area is 431 Å². The highest BCUT2D eigenvalue weighted by Gasteiger charge is 2.58. The first-order valence-electron chi connectivity index (χ1n) is 24.1. The van der Waals surface area contributed by atoms with Gasteiger partial charge in [-0.1, -0.05) is 0 Å². The maximum Gasteiger partial charge on any atom is 0.217 e. The van der Waals surface area contributed by atoms with Gasteiger partial charge in [-0.25, -0.2) is 0 Å². The summed E-state index contributed by atoms with van der Waals surface area (Å²) in [7, 11) is 0. The van der Waals surface area contributed by atoms with Crippen LogP contribution in [0.3, 0.4) is 0 Å². The molecule has 30 atom stereocenters. The van der Waals surface area contributed by atoms with Crippen LogP contribution in [-0.4, -0.2) is 328 Å². The van der Waals surface area contributed by atoms with Crippen LogP contribution in [0, 0.1) is 0 Å². The molecule has 6 aliphatic heterocycles. The molecule has 0 unspecified atom stereocenters. The molecule has 0 spiro atoms. The van der Waals surface area contributed by atoms with Crippen molar-refractivity contribution in [1.29, 1.82) is 0 Å². The lowest BCUT2D eigenvalue weighted by Crippen LogP contribution is -2.70. The van der Waals surface area contributed by atoms with Crippen LogP contribution >= 0.6 is 0 Å². The number of carbonyl (C=O) groups excluding carboxylic acids is 3. The number of aliphatic hydroxyl groups excluding tert-OH is 17. The molecule has 34 nitrogen and oxygen atoms in total. The van der Waals surface area contributed by atoms with E-state index in [1.54, 1.807) is 0 Å². The molecule has 0 aromatic rings. The van der Waals surface area contributed by atoms with E-state index in [1.807, 2.05) is 0 Å². The predicted molar refractivity (Wildman–Crippen MR) is 234 cm³/mol. The van der Waals surface area contributed by atoms with Gasteiger partial charge in [0.25, 0.3) is 0 Å². The zero-order valence-corrected chi connectivity index (χ0v) is 40.9. The Morgan fingerprint density at radius 1 is 0.342 bits per heavy atom. The van der Waals surface area contributed by atoms with Gasteiger partial charge in [-0.3, -0.25) is 14.4 Å². The second-order valence-electron chi connectivity index (χ2n) is 19.0. The van der Waals surface area contributed by atoms with Crippen molar-refractivity contribution in [2.75, 3.05) is 39.6 Å². The molecule has 440 valence electrons. The van der Waals surface area contributed by atoms with Crippen molar-refractivity contribution in [3.63, 3.8) is 0 Å². The van der Waals surface area contributed by atoms with E-state index in [1.165, 1.54) is 0 Å². The molecule has 3 amide bonds. The minimum Gasteiger partial charge on any atom is -0.394 e. The van der Waals surface area contributed by atoms with Crippen LogP contribution in [0.5, 0.6) is 0 Å². The summed E-state index contributed by atoms with van der Waals surface area (Å²) in [5.74, 6) is -2.41. The molecule has 0 saturated carbocycles. The zero-order valence-electron chi connectivity index (χ0n) is 40.9. The minimum atomic E-state index is -2.26. The fraction of sp³-hybridized carbons (Fsp3) is 0.929. The standard InChI is InChI=1S/C42H71N3O31/c1-10(51)43-19-26(58)22(54)13(4-46)68-38(19)66-9-18-25(57)36(76-39-20(44-11(2)52)27(59)23(55)14(5-47)69-39)32(64)42(72-18)73-33-17(8-50)71-40(21(28(33)60)45-12(3)53)75-35-24(56)15(6-48)70-41(31(35)63)74-34-16(7-49)67-37(65)30(62)29(34)61/h13-42,46-50,54-65H,4-9H2,1-3H3,(H,43,51)(H,44,52)(H,45,53)/t13-,14-,15-,16-,17-,18-,19-,20-,21-,22-,23-,24+,25+,26-,27-,28-,29-,30-,31-,32-,33-,34-,35+,36+,37-,38-,39+,40+,41+,42+/m1/s1. The summed E-state index contributed by atoms with van der Waals surface area (Å²) in [5, 5.41) is 190. The van der Waals surface area contributed by atoms with Crippen molar-refractivity contribution < 1.29 is 153 Å². The van der Waals surface area contributed by atoms with E-state index < -0.39 is 241 Å². The molecule has 6 heterocycles. The lowest BCUT2D eigenvalue weighted by atomic mass is 9.94. The highest BCUT2D eigenvalue weighted by Crippen LogP contribution is 2.36.